The summed E-state index contributed by atoms with van der Waals surface area (Å²) in [7, 11) is 3.56. The predicted molar refractivity (Wildman–Crippen MR) is 115 cm³/mol. The van der Waals surface area contributed by atoms with Crippen molar-refractivity contribution in [2.45, 2.75) is 32.7 Å². The zero-order valence-electron chi connectivity index (χ0n) is 15.7. The van der Waals surface area contributed by atoms with Crippen molar-refractivity contribution in [3.05, 3.63) is 42.0 Å². The number of hydrogen-bond donors (Lipinski definition) is 2. The average Bonchev–Trinajstić information content (AvgIpc) is 3.04. The number of rotatable bonds is 9. The summed E-state index contributed by atoms with van der Waals surface area (Å²) < 4.78 is 6.92. The number of aromatic nitrogens is 3. The van der Waals surface area contributed by atoms with Gasteiger partial charge in [-0.2, -0.15) is 5.10 Å². The fourth-order valence-corrected chi connectivity index (χ4v) is 2.41. The molecule has 0 spiro atoms. The highest BCUT2D eigenvalue weighted by atomic mass is 127. The first-order valence-electron chi connectivity index (χ1n) is 8.71. The number of ether oxygens (including phenoxy) is 1. The molecule has 7 nitrogen and oxygen atoms in total. The number of guanidine groups is 1. The summed E-state index contributed by atoms with van der Waals surface area (Å²) in [4.78, 5) is 8.73. The van der Waals surface area contributed by atoms with Gasteiger partial charge in [-0.3, -0.25) is 4.68 Å². The van der Waals surface area contributed by atoms with E-state index in [0.29, 0.717) is 6.54 Å². The second kappa shape index (κ2) is 12.5. The van der Waals surface area contributed by atoms with Gasteiger partial charge in [0.25, 0.3) is 0 Å². The standard InChI is InChI=1S/C18H28N6O.HI/c1-4-19-18(21-13-17-22-14-23-24(17)2)20-12-6-5-7-15-8-10-16(25-3)11-9-15;/h8-11,14H,4-7,12-13H2,1-3H3,(H2,19,20,21);1H. The lowest BCUT2D eigenvalue weighted by atomic mass is 10.1. The first-order chi connectivity index (χ1) is 12.2. The predicted octanol–water partition coefficient (Wildman–Crippen LogP) is 2.52. The van der Waals surface area contributed by atoms with E-state index in [2.05, 4.69) is 44.8 Å². The van der Waals surface area contributed by atoms with Gasteiger partial charge in [-0.15, -0.1) is 24.0 Å². The Morgan fingerprint density at radius 2 is 1.96 bits per heavy atom. The molecule has 0 fully saturated rings. The number of aliphatic imine (C=N–C) groups is 1. The second-order valence-corrected chi connectivity index (χ2v) is 5.73. The number of unbranched alkanes of at least 4 members (excludes halogenated alkanes) is 1. The smallest absolute Gasteiger partial charge is 0.191 e. The first-order valence-corrected chi connectivity index (χ1v) is 8.71. The van der Waals surface area contributed by atoms with E-state index in [1.807, 2.05) is 19.2 Å². The molecule has 0 bridgehead atoms. The summed E-state index contributed by atoms with van der Waals surface area (Å²) in [5.74, 6) is 2.56. The molecule has 2 aromatic rings. The third kappa shape index (κ3) is 7.59. The van der Waals surface area contributed by atoms with E-state index in [4.69, 9.17) is 4.74 Å². The van der Waals surface area contributed by atoms with Gasteiger partial charge in [0.1, 0.15) is 24.4 Å². The molecule has 0 amide bonds. The Morgan fingerprint density at radius 3 is 2.58 bits per heavy atom. The molecule has 1 heterocycles. The zero-order valence-corrected chi connectivity index (χ0v) is 18.1. The lowest BCUT2D eigenvalue weighted by Crippen LogP contribution is -2.37. The summed E-state index contributed by atoms with van der Waals surface area (Å²) in [6, 6.07) is 8.27. The van der Waals surface area contributed by atoms with Crippen molar-refractivity contribution in [3.63, 3.8) is 0 Å². The maximum atomic E-state index is 5.18. The molecule has 1 aromatic carbocycles. The Labute approximate surface area is 172 Å². The molecule has 26 heavy (non-hydrogen) atoms. The maximum Gasteiger partial charge on any atom is 0.191 e. The van der Waals surface area contributed by atoms with Crippen molar-refractivity contribution in [1.29, 1.82) is 0 Å². The molecule has 2 N–H and O–H groups in total. The van der Waals surface area contributed by atoms with E-state index in [1.54, 1.807) is 18.1 Å². The van der Waals surface area contributed by atoms with Crippen LogP contribution < -0.4 is 15.4 Å². The minimum absolute atomic E-state index is 0. The van der Waals surface area contributed by atoms with Gasteiger partial charge in [0.2, 0.25) is 0 Å². The van der Waals surface area contributed by atoms with Crippen LogP contribution in [0.1, 0.15) is 31.2 Å². The van der Waals surface area contributed by atoms with Crippen molar-refractivity contribution in [1.82, 2.24) is 25.4 Å². The molecule has 0 aliphatic carbocycles. The molecule has 8 heteroatoms. The molecule has 2 rings (SSSR count). The molecule has 0 saturated carbocycles. The Balaban J connectivity index is 0.00000338. The van der Waals surface area contributed by atoms with E-state index >= 15 is 0 Å². The number of nitrogens with one attached hydrogen (secondary N) is 2. The average molecular weight is 472 g/mol. The Hall–Kier alpha value is -1.84. The van der Waals surface area contributed by atoms with Gasteiger partial charge in [0.05, 0.1) is 7.11 Å². The first kappa shape index (κ1) is 22.2. The van der Waals surface area contributed by atoms with Crippen LogP contribution >= 0.6 is 24.0 Å². The molecule has 0 atom stereocenters. The summed E-state index contributed by atoms with van der Waals surface area (Å²) in [6.07, 6.45) is 4.82. The molecule has 144 valence electrons. The maximum absolute atomic E-state index is 5.18. The van der Waals surface area contributed by atoms with E-state index in [-0.39, 0.29) is 24.0 Å². The highest BCUT2D eigenvalue weighted by Crippen LogP contribution is 2.12. The van der Waals surface area contributed by atoms with Crippen LogP contribution in [0.4, 0.5) is 0 Å². The normalized spacial score (nSPS) is 11.0. The minimum atomic E-state index is 0. The van der Waals surface area contributed by atoms with Crippen molar-refractivity contribution >= 4 is 29.9 Å². The van der Waals surface area contributed by atoms with Crippen LogP contribution in [0.2, 0.25) is 0 Å². The third-order valence-corrected chi connectivity index (χ3v) is 3.87. The fourth-order valence-electron chi connectivity index (χ4n) is 2.41. The van der Waals surface area contributed by atoms with E-state index in [9.17, 15) is 0 Å². The molecule has 0 aliphatic heterocycles. The topological polar surface area (TPSA) is 76.4 Å². The van der Waals surface area contributed by atoms with Crippen LogP contribution in [-0.2, 0) is 20.0 Å². The minimum Gasteiger partial charge on any atom is -0.497 e. The SMILES string of the molecule is CCNC(=NCc1ncnn1C)NCCCCc1ccc(OC)cc1.I. The lowest BCUT2D eigenvalue weighted by molar-refractivity contribution is 0.414. The highest BCUT2D eigenvalue weighted by Gasteiger charge is 2.01. The monoisotopic (exact) mass is 472 g/mol. The van der Waals surface area contributed by atoms with Gasteiger partial charge < -0.3 is 15.4 Å². The Morgan fingerprint density at radius 1 is 1.19 bits per heavy atom. The fraction of sp³-hybridized carbons (Fsp3) is 0.500. The molecule has 0 aliphatic rings. The van der Waals surface area contributed by atoms with Crippen LogP contribution in [0.3, 0.4) is 0 Å². The van der Waals surface area contributed by atoms with Gasteiger partial charge in [-0.05, 0) is 43.9 Å². The van der Waals surface area contributed by atoms with Crippen molar-refractivity contribution in [3.8, 4) is 5.75 Å². The van der Waals surface area contributed by atoms with Crippen LogP contribution in [0.5, 0.6) is 5.75 Å². The summed E-state index contributed by atoms with van der Waals surface area (Å²) in [5.41, 5.74) is 1.34. The number of benzene rings is 1. The number of methoxy groups -OCH3 is 1. The number of nitrogens with zero attached hydrogens (tertiary/aromatic N) is 4. The highest BCUT2D eigenvalue weighted by molar-refractivity contribution is 14.0. The Bertz CT molecular complexity index is 656. The van der Waals surface area contributed by atoms with E-state index in [1.165, 1.54) is 5.56 Å². The van der Waals surface area contributed by atoms with Crippen LogP contribution in [0.25, 0.3) is 0 Å². The number of aryl methyl sites for hydroxylation is 2. The third-order valence-electron chi connectivity index (χ3n) is 3.87. The number of halogens is 1. The van der Waals surface area contributed by atoms with E-state index < -0.39 is 0 Å². The molecular weight excluding hydrogens is 443 g/mol. The second-order valence-electron chi connectivity index (χ2n) is 5.73. The summed E-state index contributed by atoms with van der Waals surface area (Å²) >= 11 is 0. The van der Waals surface area contributed by atoms with Gasteiger partial charge >= 0.3 is 0 Å². The molecule has 0 saturated heterocycles. The lowest BCUT2D eigenvalue weighted by Gasteiger charge is -2.11. The van der Waals surface area contributed by atoms with Crippen molar-refractivity contribution < 1.29 is 4.74 Å². The van der Waals surface area contributed by atoms with Gasteiger partial charge in [-0.25, -0.2) is 9.98 Å². The molecule has 1 aromatic heterocycles. The summed E-state index contributed by atoms with van der Waals surface area (Å²) in [6.45, 7) is 4.29. The van der Waals surface area contributed by atoms with Gasteiger partial charge in [-0.1, -0.05) is 12.1 Å². The quantitative estimate of drug-likeness (QED) is 0.254. The number of hydrogen-bond acceptors (Lipinski definition) is 4. The largest absolute Gasteiger partial charge is 0.497 e. The van der Waals surface area contributed by atoms with E-state index in [0.717, 1.165) is 49.9 Å². The summed E-state index contributed by atoms with van der Waals surface area (Å²) in [5, 5.41) is 10.7. The van der Waals surface area contributed by atoms with Crippen molar-refractivity contribution in [2.24, 2.45) is 12.0 Å². The van der Waals surface area contributed by atoms with Crippen molar-refractivity contribution in [2.75, 3.05) is 20.2 Å². The van der Waals surface area contributed by atoms with Gasteiger partial charge in [0, 0.05) is 20.1 Å². The van der Waals surface area contributed by atoms with Crippen LogP contribution in [0, 0.1) is 0 Å². The molecule has 0 unspecified atom stereocenters. The zero-order chi connectivity index (χ0) is 17.9. The van der Waals surface area contributed by atoms with Crippen LogP contribution in [-0.4, -0.2) is 40.9 Å². The van der Waals surface area contributed by atoms with Crippen LogP contribution in [0.15, 0.2) is 35.6 Å². The Kier molecular flexibility index (Phi) is 10.7. The molecule has 0 radical (unpaired) electrons. The van der Waals surface area contributed by atoms with Gasteiger partial charge in [0.15, 0.2) is 5.96 Å². The molecular formula is C18H29IN6O.